The number of hydrogen-bond donors (Lipinski definition) is 1. The summed E-state index contributed by atoms with van der Waals surface area (Å²) in [7, 11) is 0. The Labute approximate surface area is 199 Å². The second kappa shape index (κ2) is 10.0. The standard InChI is InChI=1S/C28H30FN3O2/c29-24-9-2-1-8-23(24)20-10-12-21(13-11-20)28-25-18-31(15-5-6-16-32(25)26(28)19-33)27(34)17-22-7-3-4-14-30-22/h1-4,7-14,25-26,28,33H,5-6,15-19H2/t25-,26-,28+/m0/s1. The highest BCUT2D eigenvalue weighted by molar-refractivity contribution is 5.78. The Morgan fingerprint density at radius 2 is 1.76 bits per heavy atom. The van der Waals surface area contributed by atoms with E-state index in [-0.39, 0.29) is 36.3 Å². The highest BCUT2D eigenvalue weighted by Crippen LogP contribution is 2.42. The normalized spacial score (nSPS) is 22.9. The maximum absolute atomic E-state index is 14.2. The smallest absolute Gasteiger partial charge is 0.228 e. The number of fused-ring (bicyclic) bond motifs is 1. The quantitative estimate of drug-likeness (QED) is 0.629. The van der Waals surface area contributed by atoms with Crippen molar-refractivity contribution in [2.45, 2.75) is 37.3 Å². The third-order valence-electron chi connectivity index (χ3n) is 7.26. The molecule has 3 aromatic rings. The fourth-order valence-electron chi connectivity index (χ4n) is 5.52. The van der Waals surface area contributed by atoms with Gasteiger partial charge < -0.3 is 10.0 Å². The number of aliphatic hydroxyl groups excluding tert-OH is 1. The van der Waals surface area contributed by atoms with Crippen molar-refractivity contribution in [2.24, 2.45) is 0 Å². The molecule has 5 nitrogen and oxygen atoms in total. The van der Waals surface area contributed by atoms with Crippen LogP contribution in [0.5, 0.6) is 0 Å². The van der Waals surface area contributed by atoms with E-state index in [0.717, 1.165) is 42.8 Å². The molecule has 0 spiro atoms. The number of benzene rings is 2. The van der Waals surface area contributed by atoms with Gasteiger partial charge in [0.2, 0.25) is 5.91 Å². The first-order valence-electron chi connectivity index (χ1n) is 12.0. The molecule has 0 unspecified atom stereocenters. The maximum Gasteiger partial charge on any atom is 0.228 e. The average Bonchev–Trinajstić information content (AvgIpc) is 2.84. The van der Waals surface area contributed by atoms with Crippen molar-refractivity contribution < 1.29 is 14.3 Å². The Hall–Kier alpha value is -3.09. The van der Waals surface area contributed by atoms with Crippen molar-refractivity contribution in [3.05, 3.63) is 90.0 Å². The molecule has 2 aromatic carbocycles. The van der Waals surface area contributed by atoms with Crippen LogP contribution < -0.4 is 0 Å². The van der Waals surface area contributed by atoms with Crippen LogP contribution in [-0.4, -0.2) is 64.1 Å². The molecule has 3 atom stereocenters. The Balaban J connectivity index is 1.36. The first-order chi connectivity index (χ1) is 16.7. The minimum atomic E-state index is -0.236. The lowest BCUT2D eigenvalue weighted by Crippen LogP contribution is -2.68. The Morgan fingerprint density at radius 3 is 2.50 bits per heavy atom. The van der Waals surface area contributed by atoms with Gasteiger partial charge in [0.25, 0.3) is 0 Å². The molecular weight excluding hydrogens is 429 g/mol. The topological polar surface area (TPSA) is 56.7 Å². The molecule has 1 N–H and O–H groups in total. The SMILES string of the molecule is O=C(Cc1ccccn1)N1CCCCN2[C@@H](CO)[C@H](c3ccc(-c4ccccc4F)cc3)[C@@H]2C1. The van der Waals surface area contributed by atoms with E-state index in [9.17, 15) is 14.3 Å². The third kappa shape index (κ3) is 4.48. The molecular formula is C28H30FN3O2. The molecule has 0 saturated carbocycles. The summed E-state index contributed by atoms with van der Waals surface area (Å²) in [6.45, 7) is 2.40. The van der Waals surface area contributed by atoms with E-state index in [0.29, 0.717) is 18.5 Å². The number of amides is 1. The molecule has 6 heteroatoms. The lowest BCUT2D eigenvalue weighted by molar-refractivity contribution is -0.135. The third-order valence-corrected chi connectivity index (χ3v) is 7.26. The highest BCUT2D eigenvalue weighted by atomic mass is 19.1. The van der Waals surface area contributed by atoms with Crippen LogP contribution in [0.1, 0.15) is 30.0 Å². The molecule has 0 bridgehead atoms. The number of hydrogen-bond acceptors (Lipinski definition) is 4. The predicted octanol–water partition coefficient (Wildman–Crippen LogP) is 3.88. The number of pyridine rings is 1. The van der Waals surface area contributed by atoms with Crippen LogP contribution in [-0.2, 0) is 11.2 Å². The van der Waals surface area contributed by atoms with Crippen LogP contribution in [0.15, 0.2) is 72.9 Å². The van der Waals surface area contributed by atoms with E-state index >= 15 is 0 Å². The summed E-state index contributed by atoms with van der Waals surface area (Å²) in [6, 6.07) is 20.6. The summed E-state index contributed by atoms with van der Waals surface area (Å²) >= 11 is 0. The van der Waals surface area contributed by atoms with Crippen molar-refractivity contribution in [2.75, 3.05) is 26.2 Å². The fraction of sp³-hybridized carbons (Fsp3) is 0.357. The predicted molar refractivity (Wildman–Crippen MR) is 130 cm³/mol. The lowest BCUT2D eigenvalue weighted by Gasteiger charge is -2.57. The largest absolute Gasteiger partial charge is 0.395 e. The first kappa shape index (κ1) is 22.7. The van der Waals surface area contributed by atoms with Gasteiger partial charge in [0.05, 0.1) is 13.0 Å². The van der Waals surface area contributed by atoms with Crippen LogP contribution in [0.3, 0.4) is 0 Å². The Morgan fingerprint density at radius 1 is 1.00 bits per heavy atom. The minimum absolute atomic E-state index is 0.0372. The number of carbonyl (C=O) groups is 1. The van der Waals surface area contributed by atoms with Crippen molar-refractivity contribution in [3.8, 4) is 11.1 Å². The molecule has 2 saturated heterocycles. The van der Waals surface area contributed by atoms with Crippen molar-refractivity contribution >= 4 is 5.91 Å². The summed E-state index contributed by atoms with van der Waals surface area (Å²) < 4.78 is 14.2. The first-order valence-corrected chi connectivity index (χ1v) is 12.0. The van der Waals surface area contributed by atoms with Gasteiger partial charge in [0, 0.05) is 48.5 Å². The molecule has 2 aliphatic rings. The molecule has 3 heterocycles. The van der Waals surface area contributed by atoms with Crippen LogP contribution in [0.4, 0.5) is 4.39 Å². The van der Waals surface area contributed by atoms with Crippen LogP contribution in [0.2, 0.25) is 0 Å². The van der Waals surface area contributed by atoms with E-state index in [1.807, 2.05) is 53.4 Å². The van der Waals surface area contributed by atoms with Gasteiger partial charge in [-0.15, -0.1) is 0 Å². The van der Waals surface area contributed by atoms with Crippen LogP contribution in [0, 0.1) is 5.82 Å². The summed E-state index contributed by atoms with van der Waals surface area (Å²) in [5, 5.41) is 10.2. The molecule has 0 radical (unpaired) electrons. The monoisotopic (exact) mass is 459 g/mol. The molecule has 0 aliphatic carbocycles. The minimum Gasteiger partial charge on any atom is -0.395 e. The maximum atomic E-state index is 14.2. The molecule has 5 rings (SSSR count). The van der Waals surface area contributed by atoms with E-state index in [1.54, 1.807) is 18.3 Å². The number of aromatic nitrogens is 1. The van der Waals surface area contributed by atoms with Gasteiger partial charge in [0.15, 0.2) is 0 Å². The fourth-order valence-corrected chi connectivity index (χ4v) is 5.52. The number of aliphatic hydroxyl groups is 1. The zero-order valence-electron chi connectivity index (χ0n) is 19.2. The summed E-state index contributed by atoms with van der Waals surface area (Å²) in [4.78, 5) is 21.8. The van der Waals surface area contributed by atoms with Gasteiger partial charge >= 0.3 is 0 Å². The van der Waals surface area contributed by atoms with Gasteiger partial charge in [0.1, 0.15) is 5.82 Å². The van der Waals surface area contributed by atoms with Crippen molar-refractivity contribution in [3.63, 3.8) is 0 Å². The summed E-state index contributed by atoms with van der Waals surface area (Å²) in [5.41, 5.74) is 3.33. The highest BCUT2D eigenvalue weighted by Gasteiger charge is 2.49. The number of rotatable bonds is 5. The number of halogens is 1. The number of nitrogens with zero attached hydrogens (tertiary/aromatic N) is 3. The summed E-state index contributed by atoms with van der Waals surface area (Å²) in [5.74, 6) is -0.00930. The Kier molecular flexibility index (Phi) is 6.70. The molecule has 34 heavy (non-hydrogen) atoms. The van der Waals surface area contributed by atoms with Crippen molar-refractivity contribution in [1.29, 1.82) is 0 Å². The summed E-state index contributed by atoms with van der Waals surface area (Å²) in [6.07, 6.45) is 3.98. The van der Waals surface area contributed by atoms with Gasteiger partial charge in [-0.05, 0) is 48.7 Å². The van der Waals surface area contributed by atoms with Gasteiger partial charge in [-0.2, -0.15) is 0 Å². The molecule has 1 amide bonds. The number of carbonyl (C=O) groups excluding carboxylic acids is 1. The second-order valence-electron chi connectivity index (χ2n) is 9.23. The Bertz CT molecular complexity index is 1120. The van der Waals surface area contributed by atoms with Gasteiger partial charge in [-0.1, -0.05) is 48.5 Å². The van der Waals surface area contributed by atoms with E-state index in [2.05, 4.69) is 9.88 Å². The molecule has 176 valence electrons. The van der Waals surface area contributed by atoms with E-state index < -0.39 is 0 Å². The van der Waals surface area contributed by atoms with Gasteiger partial charge in [-0.25, -0.2) is 4.39 Å². The van der Waals surface area contributed by atoms with E-state index in [1.165, 1.54) is 6.07 Å². The zero-order chi connectivity index (χ0) is 23.5. The zero-order valence-corrected chi connectivity index (χ0v) is 19.2. The second-order valence-corrected chi connectivity index (χ2v) is 9.23. The van der Waals surface area contributed by atoms with E-state index in [4.69, 9.17) is 0 Å². The van der Waals surface area contributed by atoms with Crippen molar-refractivity contribution in [1.82, 2.24) is 14.8 Å². The van der Waals surface area contributed by atoms with Crippen LogP contribution >= 0.6 is 0 Å². The lowest BCUT2D eigenvalue weighted by atomic mass is 9.74. The average molecular weight is 460 g/mol. The molecule has 1 aromatic heterocycles. The van der Waals surface area contributed by atoms with Crippen LogP contribution in [0.25, 0.3) is 11.1 Å². The van der Waals surface area contributed by atoms with Gasteiger partial charge in [-0.3, -0.25) is 14.7 Å². The molecule has 2 aliphatic heterocycles. The molecule has 2 fully saturated rings.